The standard InChI is InChI=1S/C20H23N5O3/c1-20(2,3)28-19(27)22-9-8-21-17-7-10-25-18(24-17)16(12-23-25)15-6-4-5-14(11-15)13-26/h4-7,10-13H,8-9H2,1-3H3,(H,21,24)(H,22,27). The summed E-state index contributed by atoms with van der Waals surface area (Å²) >= 11 is 0. The quantitative estimate of drug-likeness (QED) is 0.503. The third-order valence-electron chi connectivity index (χ3n) is 3.80. The van der Waals surface area contributed by atoms with E-state index in [0.29, 0.717) is 30.1 Å². The van der Waals surface area contributed by atoms with Crippen molar-refractivity contribution in [2.45, 2.75) is 26.4 Å². The first-order chi connectivity index (χ1) is 13.4. The van der Waals surface area contributed by atoms with Crippen molar-refractivity contribution in [3.63, 3.8) is 0 Å². The molecule has 8 heteroatoms. The van der Waals surface area contributed by atoms with E-state index in [1.54, 1.807) is 35.1 Å². The van der Waals surface area contributed by atoms with E-state index in [1.165, 1.54) is 0 Å². The Morgan fingerprint density at radius 3 is 2.82 bits per heavy atom. The molecule has 28 heavy (non-hydrogen) atoms. The summed E-state index contributed by atoms with van der Waals surface area (Å²) in [7, 11) is 0. The molecule has 0 saturated carbocycles. The number of anilines is 1. The zero-order valence-corrected chi connectivity index (χ0v) is 16.1. The first-order valence-corrected chi connectivity index (χ1v) is 8.96. The number of nitrogens with one attached hydrogen (secondary N) is 2. The lowest BCUT2D eigenvalue weighted by atomic mass is 10.1. The molecule has 0 saturated heterocycles. The predicted octanol–water partition coefficient (Wildman–Crippen LogP) is 3.15. The van der Waals surface area contributed by atoms with Crippen LogP contribution in [-0.2, 0) is 4.74 Å². The molecule has 8 nitrogen and oxygen atoms in total. The molecule has 3 rings (SSSR count). The first-order valence-electron chi connectivity index (χ1n) is 8.96. The molecule has 0 atom stereocenters. The summed E-state index contributed by atoms with van der Waals surface area (Å²) in [4.78, 5) is 27.3. The van der Waals surface area contributed by atoms with Crippen molar-refractivity contribution in [3.05, 3.63) is 48.3 Å². The van der Waals surface area contributed by atoms with Crippen LogP contribution in [0.4, 0.5) is 10.6 Å². The van der Waals surface area contributed by atoms with Crippen LogP contribution >= 0.6 is 0 Å². The van der Waals surface area contributed by atoms with Crippen molar-refractivity contribution >= 4 is 23.8 Å². The molecule has 2 heterocycles. The number of carbonyl (C=O) groups is 2. The molecule has 1 aromatic carbocycles. The largest absolute Gasteiger partial charge is 0.444 e. The van der Waals surface area contributed by atoms with E-state index in [1.807, 2.05) is 32.9 Å². The van der Waals surface area contributed by atoms with Crippen molar-refractivity contribution < 1.29 is 14.3 Å². The van der Waals surface area contributed by atoms with Gasteiger partial charge in [-0.3, -0.25) is 4.79 Å². The van der Waals surface area contributed by atoms with Gasteiger partial charge in [0.15, 0.2) is 5.65 Å². The second-order valence-electron chi connectivity index (χ2n) is 7.24. The molecule has 1 amide bonds. The van der Waals surface area contributed by atoms with Crippen LogP contribution in [0.15, 0.2) is 42.7 Å². The molecular weight excluding hydrogens is 358 g/mol. The number of benzene rings is 1. The van der Waals surface area contributed by atoms with Crippen LogP contribution in [0.1, 0.15) is 31.1 Å². The zero-order valence-electron chi connectivity index (χ0n) is 16.1. The average molecular weight is 381 g/mol. The predicted molar refractivity (Wildman–Crippen MR) is 107 cm³/mol. The maximum atomic E-state index is 11.7. The number of fused-ring (bicyclic) bond motifs is 1. The minimum Gasteiger partial charge on any atom is -0.444 e. The number of rotatable bonds is 6. The fourth-order valence-corrected chi connectivity index (χ4v) is 2.62. The normalized spacial score (nSPS) is 11.2. The highest BCUT2D eigenvalue weighted by Gasteiger charge is 2.15. The van der Waals surface area contributed by atoms with Crippen LogP contribution in [0.3, 0.4) is 0 Å². The maximum Gasteiger partial charge on any atom is 0.407 e. The fourth-order valence-electron chi connectivity index (χ4n) is 2.62. The van der Waals surface area contributed by atoms with Crippen molar-refractivity contribution in [2.24, 2.45) is 0 Å². The molecule has 0 radical (unpaired) electrons. The topological polar surface area (TPSA) is 97.6 Å². The van der Waals surface area contributed by atoms with Crippen LogP contribution < -0.4 is 10.6 Å². The SMILES string of the molecule is CC(C)(C)OC(=O)NCCNc1ccn2ncc(-c3cccc(C=O)c3)c2n1. The summed E-state index contributed by atoms with van der Waals surface area (Å²) < 4.78 is 6.86. The van der Waals surface area contributed by atoms with E-state index in [9.17, 15) is 9.59 Å². The van der Waals surface area contributed by atoms with Crippen molar-refractivity contribution in [1.29, 1.82) is 0 Å². The first kappa shape index (κ1) is 19.3. The number of alkyl carbamates (subject to hydrolysis) is 1. The van der Waals surface area contributed by atoms with Gasteiger partial charge >= 0.3 is 6.09 Å². The van der Waals surface area contributed by atoms with Gasteiger partial charge < -0.3 is 15.4 Å². The Morgan fingerprint density at radius 2 is 2.07 bits per heavy atom. The average Bonchev–Trinajstić information content (AvgIpc) is 3.07. The number of amides is 1. The van der Waals surface area contributed by atoms with Crippen molar-refractivity contribution in [3.8, 4) is 11.1 Å². The molecule has 3 aromatic rings. The molecule has 0 unspecified atom stereocenters. The van der Waals surface area contributed by atoms with Crippen LogP contribution in [-0.4, -0.2) is 45.7 Å². The molecule has 0 bridgehead atoms. The highest BCUT2D eigenvalue weighted by Crippen LogP contribution is 2.24. The lowest BCUT2D eigenvalue weighted by Crippen LogP contribution is -2.35. The third kappa shape index (κ3) is 4.85. The second kappa shape index (κ2) is 8.08. The van der Waals surface area contributed by atoms with Gasteiger partial charge in [-0.1, -0.05) is 18.2 Å². The maximum absolute atomic E-state index is 11.7. The van der Waals surface area contributed by atoms with E-state index in [2.05, 4.69) is 20.7 Å². The molecule has 0 spiro atoms. The molecular formula is C20H23N5O3. The minimum absolute atomic E-state index is 0.398. The lowest BCUT2D eigenvalue weighted by Gasteiger charge is -2.19. The Hall–Kier alpha value is -3.42. The molecule has 0 aliphatic heterocycles. The monoisotopic (exact) mass is 381 g/mol. The van der Waals surface area contributed by atoms with Gasteiger partial charge in [-0.05, 0) is 38.5 Å². The van der Waals surface area contributed by atoms with Crippen LogP contribution in [0.25, 0.3) is 16.8 Å². The van der Waals surface area contributed by atoms with Crippen LogP contribution in [0.5, 0.6) is 0 Å². The molecule has 146 valence electrons. The number of ether oxygens (including phenoxy) is 1. The minimum atomic E-state index is -0.524. The van der Waals surface area contributed by atoms with Gasteiger partial charge in [0.25, 0.3) is 0 Å². The molecule has 2 N–H and O–H groups in total. The summed E-state index contributed by atoms with van der Waals surface area (Å²) in [5.74, 6) is 0.659. The van der Waals surface area contributed by atoms with E-state index < -0.39 is 11.7 Å². The Balaban J connectivity index is 1.67. The fraction of sp³-hybridized carbons (Fsp3) is 0.300. The third-order valence-corrected chi connectivity index (χ3v) is 3.80. The molecule has 2 aromatic heterocycles. The Labute approximate surface area is 162 Å². The lowest BCUT2D eigenvalue weighted by molar-refractivity contribution is 0.0530. The van der Waals surface area contributed by atoms with E-state index in [-0.39, 0.29) is 0 Å². The Bertz CT molecular complexity index is 991. The van der Waals surface area contributed by atoms with Gasteiger partial charge in [0.2, 0.25) is 0 Å². The Morgan fingerprint density at radius 1 is 1.25 bits per heavy atom. The van der Waals surface area contributed by atoms with E-state index >= 15 is 0 Å². The van der Waals surface area contributed by atoms with Gasteiger partial charge in [0.05, 0.1) is 6.20 Å². The molecule has 0 fully saturated rings. The van der Waals surface area contributed by atoms with E-state index in [0.717, 1.165) is 17.4 Å². The van der Waals surface area contributed by atoms with E-state index in [4.69, 9.17) is 4.74 Å². The van der Waals surface area contributed by atoms with Gasteiger partial charge in [0, 0.05) is 30.4 Å². The van der Waals surface area contributed by atoms with Crippen LogP contribution in [0, 0.1) is 0 Å². The summed E-state index contributed by atoms with van der Waals surface area (Å²) in [5, 5.41) is 10.2. The number of carbonyl (C=O) groups excluding carboxylic acids is 2. The van der Waals surface area contributed by atoms with Crippen molar-refractivity contribution in [2.75, 3.05) is 18.4 Å². The smallest absolute Gasteiger partial charge is 0.407 e. The van der Waals surface area contributed by atoms with Crippen LogP contribution in [0.2, 0.25) is 0 Å². The number of nitrogens with zero attached hydrogens (tertiary/aromatic N) is 3. The van der Waals surface area contributed by atoms with Gasteiger partial charge in [-0.15, -0.1) is 0 Å². The summed E-state index contributed by atoms with van der Waals surface area (Å²) in [6, 6.07) is 9.10. The highest BCUT2D eigenvalue weighted by atomic mass is 16.6. The zero-order chi connectivity index (χ0) is 20.1. The molecule has 0 aliphatic rings. The van der Waals surface area contributed by atoms with Gasteiger partial charge in [-0.25, -0.2) is 14.3 Å². The number of hydrogen-bond donors (Lipinski definition) is 2. The van der Waals surface area contributed by atoms with Gasteiger partial charge in [0.1, 0.15) is 17.7 Å². The molecule has 0 aliphatic carbocycles. The second-order valence-corrected chi connectivity index (χ2v) is 7.24. The number of aldehydes is 1. The number of hydrogen-bond acceptors (Lipinski definition) is 6. The van der Waals surface area contributed by atoms with Gasteiger partial charge in [-0.2, -0.15) is 5.10 Å². The number of aromatic nitrogens is 3. The summed E-state index contributed by atoms with van der Waals surface area (Å²) in [5.41, 5.74) is 2.45. The Kier molecular flexibility index (Phi) is 5.58. The highest BCUT2D eigenvalue weighted by molar-refractivity contribution is 5.83. The summed E-state index contributed by atoms with van der Waals surface area (Å²) in [6.45, 7) is 6.34. The summed E-state index contributed by atoms with van der Waals surface area (Å²) in [6.07, 6.45) is 3.89. The van der Waals surface area contributed by atoms with Crippen molar-refractivity contribution in [1.82, 2.24) is 19.9 Å².